The molecule has 1 atom stereocenters. The summed E-state index contributed by atoms with van der Waals surface area (Å²) in [6, 6.07) is 24.8. The van der Waals surface area contributed by atoms with Crippen LogP contribution >= 0.6 is 34.7 Å². The van der Waals surface area contributed by atoms with Gasteiger partial charge in [0.15, 0.2) is 0 Å². The van der Waals surface area contributed by atoms with Gasteiger partial charge in [0.05, 0.1) is 29.5 Å². The van der Waals surface area contributed by atoms with E-state index in [2.05, 4.69) is 11.4 Å². The molecular weight excluding hydrogens is 607 g/mol. The first-order chi connectivity index (χ1) is 20.9. The highest BCUT2D eigenvalue weighted by molar-refractivity contribution is 8.00. The fourth-order valence-corrected chi connectivity index (χ4v) is 7.21. The van der Waals surface area contributed by atoms with Gasteiger partial charge in [-0.05, 0) is 65.5 Å². The molecule has 2 aromatic heterocycles. The molecule has 0 spiro atoms. The second-order valence-electron chi connectivity index (χ2n) is 9.79. The summed E-state index contributed by atoms with van der Waals surface area (Å²) in [5.74, 6) is 0.475. The molecule has 1 aliphatic rings. The van der Waals surface area contributed by atoms with Gasteiger partial charge in [0.1, 0.15) is 23.9 Å². The third-order valence-corrected chi connectivity index (χ3v) is 9.60. The van der Waals surface area contributed by atoms with E-state index < -0.39 is 0 Å². The van der Waals surface area contributed by atoms with E-state index in [9.17, 15) is 14.0 Å². The molecule has 1 unspecified atom stereocenters. The molecule has 0 fully saturated rings. The number of hydrogen-bond acceptors (Lipinski definition) is 6. The van der Waals surface area contributed by atoms with Gasteiger partial charge >= 0.3 is 0 Å². The third-order valence-electron chi connectivity index (χ3n) is 7.03. The number of amides is 2. The van der Waals surface area contributed by atoms with Crippen LogP contribution in [0.5, 0.6) is 5.75 Å². The number of benzene rings is 3. The summed E-state index contributed by atoms with van der Waals surface area (Å²) < 4.78 is 20.5. The number of methoxy groups -OCH3 is 1. The van der Waals surface area contributed by atoms with Crippen LogP contribution in [0.15, 0.2) is 90.3 Å². The Morgan fingerprint density at radius 1 is 1.07 bits per heavy atom. The summed E-state index contributed by atoms with van der Waals surface area (Å²) in [7, 11) is 1.60. The molecule has 1 aliphatic heterocycles. The highest BCUT2D eigenvalue weighted by atomic mass is 35.5. The lowest BCUT2D eigenvalue weighted by molar-refractivity contribution is -0.123. The minimum Gasteiger partial charge on any atom is -0.497 e. The normalized spacial score (nSPS) is 14.7. The Labute approximate surface area is 261 Å². The van der Waals surface area contributed by atoms with Gasteiger partial charge < -0.3 is 10.1 Å². The van der Waals surface area contributed by atoms with Crippen LogP contribution in [0.3, 0.4) is 0 Å². The lowest BCUT2D eigenvalue weighted by Gasteiger charge is -2.23. The van der Waals surface area contributed by atoms with Crippen LogP contribution in [0.25, 0.3) is 16.9 Å². The van der Waals surface area contributed by atoms with E-state index in [1.54, 1.807) is 35.3 Å². The second-order valence-corrected chi connectivity index (χ2v) is 12.3. The van der Waals surface area contributed by atoms with Crippen LogP contribution in [-0.2, 0) is 16.1 Å². The quantitative estimate of drug-likeness (QED) is 0.202. The maximum atomic E-state index is 13.8. The monoisotopic (exact) mass is 632 g/mol. The van der Waals surface area contributed by atoms with Gasteiger partial charge in [0.25, 0.3) is 0 Å². The van der Waals surface area contributed by atoms with Crippen LogP contribution in [0, 0.1) is 5.82 Å². The van der Waals surface area contributed by atoms with Crippen molar-refractivity contribution in [3.05, 3.63) is 117 Å². The van der Waals surface area contributed by atoms with Crippen LogP contribution in [-0.4, -0.2) is 41.0 Å². The number of halogens is 2. The van der Waals surface area contributed by atoms with Crippen molar-refractivity contribution in [3.63, 3.8) is 0 Å². The van der Waals surface area contributed by atoms with Gasteiger partial charge in [-0.25, -0.2) is 9.07 Å². The molecule has 43 heavy (non-hydrogen) atoms. The molecular formula is C32H26ClFN4O3S2. The minimum atomic E-state index is -0.348. The van der Waals surface area contributed by atoms with E-state index in [4.69, 9.17) is 21.4 Å². The molecule has 11 heteroatoms. The fourth-order valence-electron chi connectivity index (χ4n) is 4.91. The Kier molecular flexibility index (Phi) is 8.51. The van der Waals surface area contributed by atoms with Gasteiger partial charge in [-0.1, -0.05) is 41.9 Å². The van der Waals surface area contributed by atoms with Gasteiger partial charge in [-0.2, -0.15) is 5.10 Å². The Morgan fingerprint density at radius 2 is 1.81 bits per heavy atom. The number of fused-ring (bicyclic) bond motifs is 1. The standard InChI is InChI=1S/C32H26ClFN4O3S2/c1-41-25-14-12-24(13-15-25)38-32-29(30(36-38)21-6-8-22(33)9-7-21)31(26-3-2-16-42-26)43-19-28(40)37(32)18-27(39)35-17-20-4-10-23(34)11-5-20/h2-16,31H,17-19H2,1H3,(H,35,39). The summed E-state index contributed by atoms with van der Waals surface area (Å²) in [6.45, 7) is -0.0129. The molecule has 0 bridgehead atoms. The Balaban J connectivity index is 1.48. The van der Waals surface area contributed by atoms with Gasteiger partial charge in [0.2, 0.25) is 11.8 Å². The maximum Gasteiger partial charge on any atom is 0.240 e. The molecule has 0 aliphatic carbocycles. The summed E-state index contributed by atoms with van der Waals surface area (Å²) >= 11 is 9.36. The average Bonchev–Trinajstić information content (AvgIpc) is 3.67. The molecule has 0 saturated heterocycles. The molecule has 3 heterocycles. The maximum absolute atomic E-state index is 13.8. The molecule has 7 nitrogen and oxygen atoms in total. The number of ether oxygens (including phenoxy) is 1. The zero-order valence-corrected chi connectivity index (χ0v) is 25.4. The first-order valence-electron chi connectivity index (χ1n) is 13.4. The molecule has 0 saturated carbocycles. The SMILES string of the molecule is COc1ccc(-n2nc(-c3ccc(Cl)cc3)c3c2N(CC(=O)NCc2ccc(F)cc2)C(=O)CSC3c2cccs2)cc1. The number of hydrogen-bond donors (Lipinski definition) is 1. The molecule has 1 N–H and O–H groups in total. The second kappa shape index (κ2) is 12.6. The smallest absolute Gasteiger partial charge is 0.240 e. The van der Waals surface area contributed by atoms with Crippen LogP contribution < -0.4 is 15.0 Å². The third kappa shape index (κ3) is 6.17. The number of nitrogens with one attached hydrogen (secondary N) is 1. The predicted octanol–water partition coefficient (Wildman–Crippen LogP) is 6.89. The highest BCUT2D eigenvalue weighted by Gasteiger charge is 2.38. The molecule has 3 aromatic carbocycles. The van der Waals surface area contributed by atoms with Crippen molar-refractivity contribution in [1.82, 2.24) is 15.1 Å². The summed E-state index contributed by atoms with van der Waals surface area (Å²) in [6.07, 6.45) is 0. The zero-order chi connectivity index (χ0) is 29.9. The number of carbonyl (C=O) groups excluding carboxylic acids is 2. The van der Waals surface area contributed by atoms with E-state index in [1.165, 1.54) is 28.8 Å². The van der Waals surface area contributed by atoms with Gasteiger partial charge in [0, 0.05) is 27.6 Å². The molecule has 218 valence electrons. The number of anilines is 1. The van der Waals surface area contributed by atoms with Crippen LogP contribution in [0.4, 0.5) is 10.2 Å². The number of thioether (sulfide) groups is 1. The summed E-state index contributed by atoms with van der Waals surface area (Å²) in [4.78, 5) is 29.7. The average molecular weight is 633 g/mol. The zero-order valence-electron chi connectivity index (χ0n) is 23.0. The van der Waals surface area contributed by atoms with E-state index in [1.807, 2.05) is 60.0 Å². The van der Waals surface area contributed by atoms with Crippen molar-refractivity contribution in [2.24, 2.45) is 0 Å². The molecule has 2 amide bonds. The van der Waals surface area contributed by atoms with Crippen LogP contribution in [0.1, 0.15) is 21.3 Å². The van der Waals surface area contributed by atoms with Gasteiger partial charge in [-0.15, -0.1) is 23.1 Å². The minimum absolute atomic E-state index is 0.172. The lowest BCUT2D eigenvalue weighted by atomic mass is 10.0. The van der Waals surface area contributed by atoms with Crippen molar-refractivity contribution >= 4 is 52.3 Å². The largest absolute Gasteiger partial charge is 0.497 e. The van der Waals surface area contributed by atoms with Crippen molar-refractivity contribution in [1.29, 1.82) is 0 Å². The number of rotatable bonds is 8. The number of thiophene rings is 1. The number of nitrogens with zero attached hydrogens (tertiary/aromatic N) is 3. The van der Waals surface area contributed by atoms with Crippen molar-refractivity contribution in [3.8, 4) is 22.7 Å². The lowest BCUT2D eigenvalue weighted by Crippen LogP contribution is -2.42. The molecule has 5 aromatic rings. The highest BCUT2D eigenvalue weighted by Crippen LogP contribution is 2.49. The van der Waals surface area contributed by atoms with Crippen molar-refractivity contribution in [2.45, 2.75) is 11.8 Å². The Morgan fingerprint density at radius 3 is 2.49 bits per heavy atom. The first kappa shape index (κ1) is 29.0. The first-order valence-corrected chi connectivity index (χ1v) is 15.7. The summed E-state index contributed by atoms with van der Waals surface area (Å²) in [5, 5.41) is 10.4. The topological polar surface area (TPSA) is 76.5 Å². The van der Waals surface area contributed by atoms with Gasteiger partial charge in [-0.3, -0.25) is 14.5 Å². The summed E-state index contributed by atoms with van der Waals surface area (Å²) in [5.41, 5.74) is 3.82. The predicted molar refractivity (Wildman–Crippen MR) is 170 cm³/mol. The Bertz CT molecular complexity index is 1740. The van der Waals surface area contributed by atoms with Crippen molar-refractivity contribution < 1.29 is 18.7 Å². The van der Waals surface area contributed by atoms with E-state index in [0.29, 0.717) is 28.0 Å². The van der Waals surface area contributed by atoms with E-state index in [0.717, 1.165) is 21.6 Å². The van der Waals surface area contributed by atoms with E-state index >= 15 is 0 Å². The number of carbonyl (C=O) groups is 2. The fraction of sp³-hybridized carbons (Fsp3) is 0.156. The van der Waals surface area contributed by atoms with E-state index in [-0.39, 0.29) is 41.7 Å². The Hall–Kier alpha value is -4.12. The van der Waals surface area contributed by atoms with Crippen LogP contribution in [0.2, 0.25) is 5.02 Å². The molecule has 0 radical (unpaired) electrons. The number of aromatic nitrogens is 2. The van der Waals surface area contributed by atoms with Crippen molar-refractivity contribution in [2.75, 3.05) is 24.3 Å². The molecule has 6 rings (SSSR count).